The highest BCUT2D eigenvalue weighted by Crippen LogP contribution is 2.52. The van der Waals surface area contributed by atoms with E-state index >= 15 is 0 Å². The summed E-state index contributed by atoms with van der Waals surface area (Å²) in [4.78, 5) is 14.9. The predicted molar refractivity (Wildman–Crippen MR) is 54.1 cm³/mol. The molecule has 4 N–H and O–H groups in total. The SMILES string of the molecule is NC(=O)c1cc(C2(C(F)F)CC2)ncc1N. The number of nitrogens with zero attached hydrogens (tertiary/aromatic N) is 1. The fourth-order valence-corrected chi connectivity index (χ4v) is 1.67. The summed E-state index contributed by atoms with van der Waals surface area (Å²) in [5.74, 6) is -0.730. The average Bonchev–Trinajstić information content (AvgIpc) is 2.98. The number of pyridine rings is 1. The summed E-state index contributed by atoms with van der Waals surface area (Å²) in [7, 11) is 0. The molecule has 86 valence electrons. The molecule has 16 heavy (non-hydrogen) atoms. The second-order valence-electron chi connectivity index (χ2n) is 3.98. The van der Waals surface area contributed by atoms with Crippen molar-refractivity contribution in [3.8, 4) is 0 Å². The van der Waals surface area contributed by atoms with Crippen LogP contribution in [0.15, 0.2) is 12.3 Å². The van der Waals surface area contributed by atoms with E-state index in [1.807, 2.05) is 0 Å². The zero-order valence-corrected chi connectivity index (χ0v) is 8.41. The van der Waals surface area contributed by atoms with E-state index in [0.29, 0.717) is 12.8 Å². The molecule has 4 nitrogen and oxygen atoms in total. The maximum atomic E-state index is 12.8. The molecule has 0 saturated heterocycles. The van der Waals surface area contributed by atoms with Crippen molar-refractivity contribution in [2.24, 2.45) is 5.73 Å². The lowest BCUT2D eigenvalue weighted by atomic mass is 10.00. The van der Waals surface area contributed by atoms with Crippen LogP contribution in [-0.4, -0.2) is 17.3 Å². The van der Waals surface area contributed by atoms with Crippen LogP contribution in [-0.2, 0) is 5.41 Å². The molecule has 0 aromatic carbocycles. The van der Waals surface area contributed by atoms with Crippen molar-refractivity contribution in [1.29, 1.82) is 0 Å². The summed E-state index contributed by atoms with van der Waals surface area (Å²) in [6.07, 6.45) is -0.526. The van der Waals surface area contributed by atoms with Crippen LogP contribution in [0.1, 0.15) is 28.9 Å². The molecule has 0 aliphatic heterocycles. The van der Waals surface area contributed by atoms with Gasteiger partial charge in [-0.05, 0) is 18.9 Å². The average molecular weight is 227 g/mol. The molecule has 0 spiro atoms. The Balaban J connectivity index is 2.44. The van der Waals surface area contributed by atoms with Crippen LogP contribution in [0.4, 0.5) is 14.5 Å². The van der Waals surface area contributed by atoms with Gasteiger partial charge in [0.05, 0.1) is 28.6 Å². The highest BCUT2D eigenvalue weighted by atomic mass is 19.3. The highest BCUT2D eigenvalue weighted by molar-refractivity contribution is 5.97. The number of primary amides is 1. The third kappa shape index (κ3) is 1.50. The van der Waals surface area contributed by atoms with Crippen molar-refractivity contribution < 1.29 is 13.6 Å². The number of carbonyl (C=O) groups is 1. The van der Waals surface area contributed by atoms with Crippen LogP contribution < -0.4 is 11.5 Å². The number of carbonyl (C=O) groups excluding carboxylic acids is 1. The summed E-state index contributed by atoms with van der Waals surface area (Å²) in [5.41, 5.74) is 9.74. The van der Waals surface area contributed by atoms with Gasteiger partial charge in [-0.15, -0.1) is 0 Å². The quantitative estimate of drug-likeness (QED) is 0.809. The van der Waals surface area contributed by atoms with Crippen molar-refractivity contribution in [3.63, 3.8) is 0 Å². The minimum atomic E-state index is -2.48. The third-order valence-electron chi connectivity index (χ3n) is 2.92. The van der Waals surface area contributed by atoms with Gasteiger partial charge in [-0.25, -0.2) is 8.78 Å². The Hall–Kier alpha value is -1.72. The number of amides is 1. The fraction of sp³-hybridized carbons (Fsp3) is 0.400. The molecule has 1 fully saturated rings. The number of nitrogen functional groups attached to an aromatic ring is 1. The predicted octanol–water partition coefficient (Wildman–Crippen LogP) is 1.06. The van der Waals surface area contributed by atoms with Gasteiger partial charge < -0.3 is 11.5 Å². The van der Waals surface area contributed by atoms with Crippen molar-refractivity contribution in [3.05, 3.63) is 23.5 Å². The van der Waals surface area contributed by atoms with Crippen LogP contribution in [0.5, 0.6) is 0 Å². The van der Waals surface area contributed by atoms with E-state index in [1.165, 1.54) is 12.3 Å². The maximum absolute atomic E-state index is 12.8. The molecule has 1 aliphatic rings. The van der Waals surface area contributed by atoms with Gasteiger partial charge in [0.25, 0.3) is 5.91 Å². The van der Waals surface area contributed by atoms with Gasteiger partial charge in [0.2, 0.25) is 6.43 Å². The normalized spacial score (nSPS) is 17.4. The molecule has 1 aliphatic carbocycles. The first-order chi connectivity index (χ1) is 7.47. The molecule has 1 heterocycles. The van der Waals surface area contributed by atoms with Gasteiger partial charge in [0.15, 0.2) is 0 Å². The molecule has 1 saturated carbocycles. The Morgan fingerprint density at radius 1 is 1.50 bits per heavy atom. The number of halogens is 2. The summed E-state index contributed by atoms with van der Waals surface area (Å²) in [5, 5.41) is 0. The first kappa shape index (κ1) is 10.8. The molecular formula is C10H11F2N3O. The number of hydrogen-bond acceptors (Lipinski definition) is 3. The Bertz CT molecular complexity index is 444. The van der Waals surface area contributed by atoms with E-state index in [0.717, 1.165) is 0 Å². The highest BCUT2D eigenvalue weighted by Gasteiger charge is 2.53. The number of hydrogen-bond donors (Lipinski definition) is 2. The van der Waals surface area contributed by atoms with Crippen LogP contribution in [0.25, 0.3) is 0 Å². The molecule has 0 atom stereocenters. The van der Waals surface area contributed by atoms with Gasteiger partial charge in [-0.1, -0.05) is 0 Å². The zero-order chi connectivity index (χ0) is 11.9. The van der Waals surface area contributed by atoms with Crippen LogP contribution in [0, 0.1) is 0 Å². The Kier molecular flexibility index (Phi) is 2.29. The number of rotatable bonds is 3. The first-order valence-corrected chi connectivity index (χ1v) is 4.81. The molecule has 1 aromatic heterocycles. The lowest BCUT2D eigenvalue weighted by molar-refractivity contribution is 0.0978. The van der Waals surface area contributed by atoms with E-state index in [9.17, 15) is 13.6 Å². The molecule has 0 unspecified atom stereocenters. The molecular weight excluding hydrogens is 216 g/mol. The van der Waals surface area contributed by atoms with Crippen LogP contribution in [0.2, 0.25) is 0 Å². The Morgan fingerprint density at radius 3 is 2.56 bits per heavy atom. The standard InChI is InChI=1S/C10H11F2N3O/c11-9(12)10(1-2-10)7-3-5(8(14)16)6(13)4-15-7/h3-4,9H,1-2,13H2,(H2,14,16). The smallest absolute Gasteiger partial charge is 0.250 e. The lowest BCUT2D eigenvalue weighted by Gasteiger charge is -2.14. The second-order valence-corrected chi connectivity index (χ2v) is 3.98. The number of nitrogens with two attached hydrogens (primary N) is 2. The summed E-state index contributed by atoms with van der Waals surface area (Å²) in [6.45, 7) is 0. The summed E-state index contributed by atoms with van der Waals surface area (Å²) >= 11 is 0. The van der Waals surface area contributed by atoms with Gasteiger partial charge in [0, 0.05) is 0 Å². The van der Waals surface area contributed by atoms with Gasteiger partial charge >= 0.3 is 0 Å². The second kappa shape index (κ2) is 3.40. The molecule has 1 aromatic rings. The van der Waals surface area contributed by atoms with Crippen molar-refractivity contribution in [2.75, 3.05) is 5.73 Å². The van der Waals surface area contributed by atoms with E-state index in [2.05, 4.69) is 4.98 Å². The summed E-state index contributed by atoms with van der Waals surface area (Å²) in [6, 6.07) is 1.27. The van der Waals surface area contributed by atoms with E-state index < -0.39 is 17.7 Å². The van der Waals surface area contributed by atoms with Crippen LogP contribution in [0.3, 0.4) is 0 Å². The van der Waals surface area contributed by atoms with Crippen molar-refractivity contribution >= 4 is 11.6 Å². The topological polar surface area (TPSA) is 82.0 Å². The van der Waals surface area contributed by atoms with Crippen molar-refractivity contribution in [2.45, 2.75) is 24.7 Å². The van der Waals surface area contributed by atoms with Crippen LogP contribution >= 0.6 is 0 Å². The summed E-state index contributed by atoms with van der Waals surface area (Å²) < 4.78 is 25.6. The van der Waals surface area contributed by atoms with Gasteiger partial charge in [-0.2, -0.15) is 0 Å². The van der Waals surface area contributed by atoms with Gasteiger partial charge in [0.1, 0.15) is 0 Å². The fourth-order valence-electron chi connectivity index (χ4n) is 1.67. The molecule has 6 heteroatoms. The van der Waals surface area contributed by atoms with E-state index in [1.54, 1.807) is 0 Å². The number of aromatic nitrogens is 1. The lowest BCUT2D eigenvalue weighted by Crippen LogP contribution is -2.21. The molecule has 0 radical (unpaired) electrons. The third-order valence-corrected chi connectivity index (χ3v) is 2.92. The zero-order valence-electron chi connectivity index (χ0n) is 8.41. The monoisotopic (exact) mass is 227 g/mol. The molecule has 1 amide bonds. The first-order valence-electron chi connectivity index (χ1n) is 4.81. The van der Waals surface area contributed by atoms with Gasteiger partial charge in [-0.3, -0.25) is 9.78 Å². The number of anilines is 1. The number of alkyl halides is 2. The van der Waals surface area contributed by atoms with E-state index in [4.69, 9.17) is 11.5 Å². The van der Waals surface area contributed by atoms with E-state index in [-0.39, 0.29) is 16.9 Å². The minimum Gasteiger partial charge on any atom is -0.397 e. The maximum Gasteiger partial charge on any atom is 0.250 e. The largest absolute Gasteiger partial charge is 0.397 e. The Labute approximate surface area is 90.6 Å². The van der Waals surface area contributed by atoms with Crippen molar-refractivity contribution in [1.82, 2.24) is 4.98 Å². The minimum absolute atomic E-state index is 0.0527. The Morgan fingerprint density at radius 2 is 2.12 bits per heavy atom. The molecule has 0 bridgehead atoms. The molecule has 2 rings (SSSR count).